The summed E-state index contributed by atoms with van der Waals surface area (Å²) in [5.41, 5.74) is -0.903. The molecule has 0 aromatic heterocycles. The van der Waals surface area contributed by atoms with Crippen molar-refractivity contribution in [2.45, 2.75) is 64.8 Å². The Kier molecular flexibility index (Phi) is 5.96. The van der Waals surface area contributed by atoms with Crippen LogP contribution in [0.1, 0.15) is 48.0 Å². The molecule has 2 unspecified atom stereocenters. The lowest BCUT2D eigenvalue weighted by atomic mass is 9.86. The number of sulfone groups is 1. The Labute approximate surface area is 145 Å². The second-order valence-corrected chi connectivity index (χ2v) is 11.0. The molecule has 7 nitrogen and oxygen atoms in total. The van der Waals surface area contributed by atoms with Crippen LogP contribution in [0.25, 0.3) is 0 Å². The monoisotopic (exact) mass is 361 g/mol. The Hall–Kier alpha value is -1.31. The molecule has 1 saturated heterocycles. The summed E-state index contributed by atoms with van der Waals surface area (Å²) in [6.07, 6.45) is 1.64. The molecule has 1 aliphatic rings. The number of rotatable bonds is 3. The van der Waals surface area contributed by atoms with Crippen molar-refractivity contribution in [3.8, 4) is 0 Å². The molecule has 0 saturated carbocycles. The second kappa shape index (κ2) is 6.90. The average molecular weight is 362 g/mol. The van der Waals surface area contributed by atoms with Crippen molar-refractivity contribution in [2.75, 3.05) is 19.3 Å². The Balaban J connectivity index is 2.86. The van der Waals surface area contributed by atoms with E-state index in [9.17, 15) is 18.0 Å². The molecule has 0 spiro atoms. The zero-order valence-corrected chi connectivity index (χ0v) is 16.6. The summed E-state index contributed by atoms with van der Waals surface area (Å²) in [5.74, 6) is -0.238. The number of hydrogen-bond acceptors (Lipinski definition) is 4. The van der Waals surface area contributed by atoms with Gasteiger partial charge in [-0.05, 0) is 32.6 Å². The van der Waals surface area contributed by atoms with Crippen molar-refractivity contribution >= 4 is 21.8 Å². The molecule has 2 atom stereocenters. The van der Waals surface area contributed by atoms with Crippen molar-refractivity contribution in [1.82, 2.24) is 15.5 Å². The summed E-state index contributed by atoms with van der Waals surface area (Å²) >= 11 is 0. The number of likely N-dealkylation sites (tertiary alicyclic amines) is 1. The van der Waals surface area contributed by atoms with Gasteiger partial charge in [-0.1, -0.05) is 20.8 Å². The third-order valence-electron chi connectivity index (χ3n) is 3.94. The largest absolute Gasteiger partial charge is 0.340 e. The molecule has 0 aromatic carbocycles. The topological polar surface area (TPSA) is 95.6 Å². The Morgan fingerprint density at radius 2 is 1.67 bits per heavy atom. The first-order valence-corrected chi connectivity index (χ1v) is 10.1. The minimum Gasteiger partial charge on any atom is -0.340 e. The van der Waals surface area contributed by atoms with E-state index in [4.69, 9.17) is 0 Å². The van der Waals surface area contributed by atoms with Gasteiger partial charge in [-0.25, -0.2) is 13.2 Å². The maximum Gasteiger partial charge on any atom is 0.315 e. The van der Waals surface area contributed by atoms with Gasteiger partial charge in [-0.2, -0.15) is 0 Å². The zero-order valence-electron chi connectivity index (χ0n) is 15.8. The lowest BCUT2D eigenvalue weighted by Crippen LogP contribution is -2.58. The van der Waals surface area contributed by atoms with E-state index >= 15 is 0 Å². The van der Waals surface area contributed by atoms with Crippen molar-refractivity contribution in [2.24, 2.45) is 5.41 Å². The van der Waals surface area contributed by atoms with Crippen LogP contribution in [0.15, 0.2) is 0 Å². The molecule has 8 heteroatoms. The highest BCUT2D eigenvalue weighted by atomic mass is 32.2. The summed E-state index contributed by atoms with van der Waals surface area (Å²) < 4.78 is 23.4. The first kappa shape index (κ1) is 20.7. The van der Waals surface area contributed by atoms with Gasteiger partial charge >= 0.3 is 6.03 Å². The van der Waals surface area contributed by atoms with Crippen LogP contribution in [-0.2, 0) is 14.6 Å². The van der Waals surface area contributed by atoms with Gasteiger partial charge < -0.3 is 15.5 Å². The van der Waals surface area contributed by atoms with E-state index in [1.165, 1.54) is 6.26 Å². The predicted octanol–water partition coefficient (Wildman–Crippen LogP) is 1.14. The van der Waals surface area contributed by atoms with E-state index in [1.807, 2.05) is 41.5 Å². The predicted molar refractivity (Wildman–Crippen MR) is 94.5 cm³/mol. The number of amides is 3. The van der Waals surface area contributed by atoms with Crippen molar-refractivity contribution in [1.29, 1.82) is 0 Å². The molecule has 0 radical (unpaired) electrons. The zero-order chi connectivity index (χ0) is 18.9. The summed E-state index contributed by atoms with van der Waals surface area (Å²) in [4.78, 5) is 26.6. The van der Waals surface area contributed by atoms with Crippen LogP contribution < -0.4 is 10.6 Å². The molecule has 140 valence electrons. The van der Waals surface area contributed by atoms with Gasteiger partial charge in [-0.15, -0.1) is 0 Å². The lowest BCUT2D eigenvalue weighted by molar-refractivity contribution is -0.134. The molecule has 1 heterocycles. The number of hydrogen-bond donors (Lipinski definition) is 2. The van der Waals surface area contributed by atoms with E-state index in [0.29, 0.717) is 13.0 Å². The highest BCUT2D eigenvalue weighted by molar-refractivity contribution is 7.91. The molecule has 1 rings (SSSR count). The molecule has 0 bridgehead atoms. The fraction of sp³-hybridized carbons (Fsp3) is 0.875. The van der Waals surface area contributed by atoms with Gasteiger partial charge in [0.25, 0.3) is 0 Å². The van der Waals surface area contributed by atoms with Gasteiger partial charge in [0.1, 0.15) is 6.04 Å². The summed E-state index contributed by atoms with van der Waals surface area (Å²) in [6.45, 7) is 11.8. The highest BCUT2D eigenvalue weighted by Gasteiger charge is 2.40. The molecule has 1 aliphatic heterocycles. The fourth-order valence-corrected chi connectivity index (χ4v) is 3.60. The number of nitrogens with zero attached hydrogens (tertiary/aromatic N) is 1. The fourth-order valence-electron chi connectivity index (χ4n) is 2.62. The SMILES string of the molecule is CC(C)(C)NC(=O)NC(C(=O)N1CCC(S(C)(=O)=O)C1)C(C)(C)C. The second-order valence-electron chi connectivity index (χ2n) is 8.67. The molecular formula is C16H31N3O4S. The van der Waals surface area contributed by atoms with E-state index in [2.05, 4.69) is 10.6 Å². The number of nitrogens with one attached hydrogen (secondary N) is 2. The molecule has 1 fully saturated rings. The molecular weight excluding hydrogens is 330 g/mol. The molecule has 0 aromatic rings. The van der Waals surface area contributed by atoms with E-state index in [-0.39, 0.29) is 12.5 Å². The summed E-state index contributed by atoms with van der Waals surface area (Å²) in [5, 5.41) is 5.01. The maximum atomic E-state index is 12.9. The first-order valence-electron chi connectivity index (χ1n) is 8.17. The Bertz CT molecular complexity index is 587. The molecule has 3 amide bonds. The Morgan fingerprint density at radius 3 is 2.04 bits per heavy atom. The standard InChI is InChI=1S/C16H31N3O4S/c1-15(2,3)12(17-14(21)18-16(4,5)6)13(20)19-9-8-11(10-19)24(7,22)23/h11-12H,8-10H2,1-7H3,(H2,17,18,21). The molecule has 24 heavy (non-hydrogen) atoms. The van der Waals surface area contributed by atoms with Crippen LogP contribution in [0.4, 0.5) is 4.79 Å². The summed E-state index contributed by atoms with van der Waals surface area (Å²) in [6, 6.07) is -1.13. The van der Waals surface area contributed by atoms with Crippen molar-refractivity contribution < 1.29 is 18.0 Å². The number of carbonyl (C=O) groups is 2. The summed E-state index contributed by atoms with van der Waals surface area (Å²) in [7, 11) is -3.17. The lowest BCUT2D eigenvalue weighted by Gasteiger charge is -2.34. The van der Waals surface area contributed by atoms with Crippen LogP contribution in [0.2, 0.25) is 0 Å². The average Bonchev–Trinajstić information content (AvgIpc) is 2.80. The molecule has 0 aliphatic carbocycles. The van der Waals surface area contributed by atoms with Gasteiger partial charge in [0.2, 0.25) is 5.91 Å². The van der Waals surface area contributed by atoms with E-state index in [1.54, 1.807) is 4.90 Å². The third kappa shape index (κ3) is 5.96. The third-order valence-corrected chi connectivity index (χ3v) is 5.53. The quantitative estimate of drug-likeness (QED) is 0.788. The maximum absolute atomic E-state index is 12.9. The molecule has 2 N–H and O–H groups in total. The van der Waals surface area contributed by atoms with Crippen LogP contribution in [-0.4, -0.2) is 61.4 Å². The van der Waals surface area contributed by atoms with Gasteiger partial charge in [0.05, 0.1) is 5.25 Å². The first-order chi connectivity index (χ1) is 10.6. The van der Waals surface area contributed by atoms with E-state index in [0.717, 1.165) is 0 Å². The van der Waals surface area contributed by atoms with E-state index < -0.39 is 38.1 Å². The normalized spacial score (nSPS) is 20.6. The van der Waals surface area contributed by atoms with Crippen LogP contribution in [0, 0.1) is 5.41 Å². The van der Waals surface area contributed by atoms with Crippen LogP contribution in [0.3, 0.4) is 0 Å². The Morgan fingerprint density at radius 1 is 1.12 bits per heavy atom. The van der Waals surface area contributed by atoms with Crippen molar-refractivity contribution in [3.63, 3.8) is 0 Å². The van der Waals surface area contributed by atoms with Gasteiger partial charge in [-0.3, -0.25) is 4.79 Å². The van der Waals surface area contributed by atoms with Gasteiger partial charge in [0.15, 0.2) is 9.84 Å². The van der Waals surface area contributed by atoms with Crippen molar-refractivity contribution in [3.05, 3.63) is 0 Å². The van der Waals surface area contributed by atoms with Crippen LogP contribution >= 0.6 is 0 Å². The highest BCUT2D eigenvalue weighted by Crippen LogP contribution is 2.24. The number of carbonyl (C=O) groups excluding carboxylic acids is 2. The number of urea groups is 1. The minimum atomic E-state index is -3.17. The van der Waals surface area contributed by atoms with Gasteiger partial charge in [0, 0.05) is 24.9 Å². The minimum absolute atomic E-state index is 0.187. The smallest absolute Gasteiger partial charge is 0.315 e. The van der Waals surface area contributed by atoms with Crippen LogP contribution in [0.5, 0.6) is 0 Å².